The van der Waals surface area contributed by atoms with Gasteiger partial charge in [-0.15, -0.1) is 0 Å². The minimum Gasteiger partial charge on any atom is -0.0616 e. The van der Waals surface area contributed by atoms with E-state index in [1.165, 1.54) is 98.7 Å². The fourth-order valence-electron chi connectivity index (χ4n) is 8.44. The zero-order chi connectivity index (χ0) is 32.7. The van der Waals surface area contributed by atoms with E-state index in [4.69, 9.17) is 0 Å². The van der Waals surface area contributed by atoms with Gasteiger partial charge in [-0.2, -0.15) is 0 Å². The molecule has 49 heavy (non-hydrogen) atoms. The second kappa shape index (κ2) is 10.5. The van der Waals surface area contributed by atoms with Gasteiger partial charge in [-0.1, -0.05) is 153 Å². The molecule has 0 heteroatoms. The summed E-state index contributed by atoms with van der Waals surface area (Å²) in [6.07, 6.45) is 0. The maximum atomic E-state index is 2.46. The van der Waals surface area contributed by atoms with E-state index in [2.05, 4.69) is 184 Å². The average Bonchev–Trinajstić information content (AvgIpc) is 3.38. The van der Waals surface area contributed by atoms with E-state index in [9.17, 15) is 0 Å². The van der Waals surface area contributed by atoms with E-state index >= 15 is 0 Å². The molecular weight excluding hydrogens is 589 g/mol. The Hall–Kier alpha value is -5.98. The van der Waals surface area contributed by atoms with Crippen LogP contribution >= 0.6 is 0 Å². The summed E-state index contributed by atoms with van der Waals surface area (Å²) in [4.78, 5) is 0. The Morgan fingerprint density at radius 2 is 0.837 bits per heavy atom. The van der Waals surface area contributed by atoms with Crippen LogP contribution in [0.25, 0.3) is 87.6 Å². The summed E-state index contributed by atoms with van der Waals surface area (Å²) in [5.41, 5.74) is 13.0. The molecule has 0 unspecified atom stereocenters. The van der Waals surface area contributed by atoms with Gasteiger partial charge in [0.15, 0.2) is 0 Å². The van der Waals surface area contributed by atoms with E-state index in [1.54, 1.807) is 0 Å². The lowest BCUT2D eigenvalue weighted by Gasteiger charge is -2.23. The molecule has 0 atom stereocenters. The van der Waals surface area contributed by atoms with E-state index in [0.717, 1.165) is 0 Å². The first-order valence-corrected chi connectivity index (χ1v) is 17.3. The Morgan fingerprint density at radius 3 is 1.65 bits per heavy atom. The molecule has 0 radical (unpaired) electrons. The van der Waals surface area contributed by atoms with Crippen molar-refractivity contribution in [3.63, 3.8) is 0 Å². The van der Waals surface area contributed by atoms with Gasteiger partial charge in [0.25, 0.3) is 0 Å². The largest absolute Gasteiger partial charge is 0.0616 e. The summed E-state index contributed by atoms with van der Waals surface area (Å²) in [5.74, 6) is 0. The predicted octanol–water partition coefficient (Wildman–Crippen LogP) is 13.6. The zero-order valence-electron chi connectivity index (χ0n) is 27.7. The van der Waals surface area contributed by atoms with Gasteiger partial charge in [0.05, 0.1) is 0 Å². The number of benzene rings is 9. The first kappa shape index (κ1) is 28.1. The van der Waals surface area contributed by atoms with Crippen LogP contribution in [0.3, 0.4) is 0 Å². The third-order valence-corrected chi connectivity index (χ3v) is 11.0. The van der Waals surface area contributed by atoms with Gasteiger partial charge in [-0.05, 0) is 129 Å². The van der Waals surface area contributed by atoms with Gasteiger partial charge in [-0.25, -0.2) is 0 Å². The second-order valence-electron chi connectivity index (χ2n) is 14.1. The maximum Gasteiger partial charge on any atom is 0.0159 e. The lowest BCUT2D eigenvalue weighted by Crippen LogP contribution is -2.15. The molecule has 0 spiro atoms. The normalized spacial score (nSPS) is 13.3. The van der Waals surface area contributed by atoms with Crippen LogP contribution in [0.1, 0.15) is 25.0 Å². The molecule has 0 heterocycles. The molecule has 0 bridgehead atoms. The molecule has 0 fully saturated rings. The van der Waals surface area contributed by atoms with Crippen LogP contribution in [0.2, 0.25) is 0 Å². The molecule has 0 amide bonds. The highest BCUT2D eigenvalue weighted by Gasteiger charge is 2.36. The molecule has 9 aromatic carbocycles. The van der Waals surface area contributed by atoms with Crippen molar-refractivity contribution in [2.24, 2.45) is 0 Å². The SMILES string of the molecule is CC1(C)c2cc(-c3ccc4ccccc4c3)ccc2-c2ccc(-c3cccc4ccc(-c5cc6ccccc6c6ccccc56)cc34)cc21. The van der Waals surface area contributed by atoms with Gasteiger partial charge < -0.3 is 0 Å². The summed E-state index contributed by atoms with van der Waals surface area (Å²) >= 11 is 0. The lowest BCUT2D eigenvalue weighted by atomic mass is 9.80. The number of hydrogen-bond donors (Lipinski definition) is 0. The minimum atomic E-state index is -0.118. The van der Waals surface area contributed by atoms with Crippen molar-refractivity contribution in [1.29, 1.82) is 0 Å². The summed E-state index contributed by atoms with van der Waals surface area (Å²) in [5, 5.41) is 10.3. The Kier molecular flexibility index (Phi) is 6.02. The smallest absolute Gasteiger partial charge is 0.0159 e. The average molecular weight is 623 g/mol. The third-order valence-electron chi connectivity index (χ3n) is 11.0. The Labute approximate surface area is 286 Å². The fraction of sp³-hybridized carbons (Fsp3) is 0.0612. The van der Waals surface area contributed by atoms with Gasteiger partial charge in [0.1, 0.15) is 0 Å². The third kappa shape index (κ3) is 4.31. The molecule has 9 aromatic rings. The van der Waals surface area contributed by atoms with Crippen LogP contribution in [-0.2, 0) is 5.41 Å². The van der Waals surface area contributed by atoms with Crippen molar-refractivity contribution < 1.29 is 0 Å². The van der Waals surface area contributed by atoms with Gasteiger partial charge >= 0.3 is 0 Å². The van der Waals surface area contributed by atoms with E-state index in [-0.39, 0.29) is 5.41 Å². The standard InChI is InChI=1S/C49H34/c1-49(2)47-29-35(34-20-18-31-10-3-4-11-33(31)26-34)22-24-43(47)44-25-23-38(30-48(44)49)40-17-9-13-32-19-21-37(28-45(32)40)46-27-36-12-5-6-14-39(36)41-15-7-8-16-42(41)46/h3-30H,1-2H3. The topological polar surface area (TPSA) is 0 Å². The van der Waals surface area contributed by atoms with Crippen molar-refractivity contribution in [3.05, 3.63) is 181 Å². The summed E-state index contributed by atoms with van der Waals surface area (Å²) in [6, 6.07) is 63.3. The van der Waals surface area contributed by atoms with Gasteiger partial charge in [-0.3, -0.25) is 0 Å². The van der Waals surface area contributed by atoms with Crippen LogP contribution in [0, 0.1) is 0 Å². The maximum absolute atomic E-state index is 2.46. The first-order chi connectivity index (χ1) is 24.0. The summed E-state index contributed by atoms with van der Waals surface area (Å²) in [7, 11) is 0. The highest BCUT2D eigenvalue weighted by atomic mass is 14.4. The Bertz CT molecular complexity index is 2800. The summed E-state index contributed by atoms with van der Waals surface area (Å²) < 4.78 is 0. The van der Waals surface area contributed by atoms with Crippen molar-refractivity contribution in [2.45, 2.75) is 19.3 Å². The Morgan fingerprint density at radius 1 is 0.286 bits per heavy atom. The molecule has 0 nitrogen and oxygen atoms in total. The van der Waals surface area contributed by atoms with Crippen molar-refractivity contribution in [2.75, 3.05) is 0 Å². The minimum absolute atomic E-state index is 0.118. The fourth-order valence-corrected chi connectivity index (χ4v) is 8.44. The van der Waals surface area contributed by atoms with E-state index in [0.29, 0.717) is 0 Å². The van der Waals surface area contributed by atoms with Gasteiger partial charge in [0, 0.05) is 5.41 Å². The first-order valence-electron chi connectivity index (χ1n) is 17.3. The summed E-state index contributed by atoms with van der Waals surface area (Å²) in [6.45, 7) is 4.77. The quantitative estimate of drug-likeness (QED) is 0.172. The Balaban J connectivity index is 1.09. The van der Waals surface area contributed by atoms with Crippen LogP contribution in [0.15, 0.2) is 170 Å². The molecule has 10 rings (SSSR count). The lowest BCUT2D eigenvalue weighted by molar-refractivity contribution is 0.661. The monoisotopic (exact) mass is 622 g/mol. The van der Waals surface area contributed by atoms with E-state index in [1.807, 2.05) is 0 Å². The molecule has 0 saturated carbocycles. The molecule has 230 valence electrons. The number of rotatable bonds is 3. The van der Waals surface area contributed by atoms with Crippen molar-refractivity contribution >= 4 is 43.1 Å². The van der Waals surface area contributed by atoms with Crippen LogP contribution < -0.4 is 0 Å². The molecule has 1 aliphatic rings. The highest BCUT2D eigenvalue weighted by molar-refractivity contribution is 6.14. The molecule has 0 aliphatic heterocycles. The zero-order valence-corrected chi connectivity index (χ0v) is 27.7. The van der Waals surface area contributed by atoms with Crippen LogP contribution in [0.4, 0.5) is 0 Å². The molecule has 0 aromatic heterocycles. The molecule has 0 N–H and O–H groups in total. The second-order valence-corrected chi connectivity index (χ2v) is 14.1. The highest BCUT2D eigenvalue weighted by Crippen LogP contribution is 2.51. The molecule has 1 aliphatic carbocycles. The van der Waals surface area contributed by atoms with Gasteiger partial charge in [0.2, 0.25) is 0 Å². The van der Waals surface area contributed by atoms with Crippen molar-refractivity contribution in [3.8, 4) is 44.5 Å². The molecule has 0 saturated heterocycles. The van der Waals surface area contributed by atoms with Crippen LogP contribution in [-0.4, -0.2) is 0 Å². The van der Waals surface area contributed by atoms with Crippen molar-refractivity contribution in [1.82, 2.24) is 0 Å². The molecular formula is C49H34. The van der Waals surface area contributed by atoms with E-state index < -0.39 is 0 Å². The number of fused-ring (bicyclic) bond motifs is 8. The van der Waals surface area contributed by atoms with Crippen LogP contribution in [0.5, 0.6) is 0 Å². The predicted molar refractivity (Wildman–Crippen MR) is 210 cm³/mol. The number of hydrogen-bond acceptors (Lipinski definition) is 0.